The van der Waals surface area contributed by atoms with Crippen molar-refractivity contribution in [3.05, 3.63) is 0 Å². The van der Waals surface area contributed by atoms with E-state index in [0.717, 1.165) is 6.54 Å². The van der Waals surface area contributed by atoms with E-state index in [1.165, 1.54) is 25.7 Å². The van der Waals surface area contributed by atoms with Gasteiger partial charge in [0.2, 0.25) is 0 Å². The van der Waals surface area contributed by atoms with Gasteiger partial charge in [0, 0.05) is 12.6 Å². The summed E-state index contributed by atoms with van der Waals surface area (Å²) >= 11 is 0. The first-order valence-electron chi connectivity index (χ1n) is 8.27. The maximum atomic E-state index is 11.7. The van der Waals surface area contributed by atoms with Crippen LogP contribution in [0.4, 0.5) is 4.79 Å². The number of hydrogen-bond donors (Lipinski definition) is 2. The molecule has 1 fully saturated rings. The van der Waals surface area contributed by atoms with Crippen LogP contribution < -0.4 is 10.6 Å². The van der Waals surface area contributed by atoms with Gasteiger partial charge in [-0.15, -0.1) is 0 Å². The highest BCUT2D eigenvalue weighted by atomic mass is 16.6. The Morgan fingerprint density at radius 3 is 2.38 bits per heavy atom. The molecule has 0 heterocycles. The van der Waals surface area contributed by atoms with E-state index in [1.54, 1.807) is 0 Å². The van der Waals surface area contributed by atoms with Crippen molar-refractivity contribution in [1.29, 1.82) is 0 Å². The highest BCUT2D eigenvalue weighted by molar-refractivity contribution is 5.67. The van der Waals surface area contributed by atoms with Crippen molar-refractivity contribution in [3.8, 4) is 0 Å². The summed E-state index contributed by atoms with van der Waals surface area (Å²) in [5.74, 6) is 0.525. The minimum absolute atomic E-state index is 0.303. The molecule has 1 aliphatic rings. The molecule has 0 radical (unpaired) electrons. The second-order valence-electron chi connectivity index (χ2n) is 8.45. The molecule has 21 heavy (non-hydrogen) atoms. The predicted molar refractivity (Wildman–Crippen MR) is 87.4 cm³/mol. The van der Waals surface area contributed by atoms with E-state index < -0.39 is 5.60 Å². The van der Waals surface area contributed by atoms with Crippen LogP contribution in [0.1, 0.15) is 67.2 Å². The van der Waals surface area contributed by atoms with Crippen molar-refractivity contribution in [1.82, 2.24) is 10.6 Å². The highest BCUT2D eigenvalue weighted by Gasteiger charge is 2.28. The minimum Gasteiger partial charge on any atom is -0.444 e. The number of alkyl carbamates (subject to hydrolysis) is 1. The molecule has 1 aliphatic carbocycles. The Bertz CT molecular complexity index is 329. The van der Waals surface area contributed by atoms with E-state index >= 15 is 0 Å². The number of amides is 1. The second kappa shape index (κ2) is 7.48. The van der Waals surface area contributed by atoms with Gasteiger partial charge in [0.05, 0.1) is 0 Å². The van der Waals surface area contributed by atoms with Crippen molar-refractivity contribution in [2.24, 2.45) is 11.3 Å². The zero-order valence-corrected chi connectivity index (χ0v) is 14.7. The van der Waals surface area contributed by atoms with Crippen LogP contribution in [0.5, 0.6) is 0 Å². The first kappa shape index (κ1) is 18.3. The molecule has 0 aromatic carbocycles. The molecule has 1 saturated carbocycles. The summed E-state index contributed by atoms with van der Waals surface area (Å²) in [6.07, 6.45) is 4.51. The van der Waals surface area contributed by atoms with E-state index in [-0.39, 0.29) is 6.09 Å². The van der Waals surface area contributed by atoms with Gasteiger partial charge in [0.15, 0.2) is 0 Å². The summed E-state index contributed by atoms with van der Waals surface area (Å²) in [4.78, 5) is 11.7. The molecule has 0 spiro atoms. The lowest BCUT2D eigenvalue weighted by Crippen LogP contribution is -2.41. The maximum absolute atomic E-state index is 11.7. The third kappa shape index (κ3) is 8.30. The van der Waals surface area contributed by atoms with Crippen molar-refractivity contribution >= 4 is 6.09 Å². The highest BCUT2D eigenvalue weighted by Crippen LogP contribution is 2.26. The maximum Gasteiger partial charge on any atom is 0.407 e. The topological polar surface area (TPSA) is 50.4 Å². The van der Waals surface area contributed by atoms with Crippen LogP contribution in [-0.2, 0) is 4.74 Å². The van der Waals surface area contributed by atoms with E-state index in [0.29, 0.717) is 23.9 Å². The third-order valence-corrected chi connectivity index (χ3v) is 3.85. The van der Waals surface area contributed by atoms with Crippen LogP contribution in [0.25, 0.3) is 0 Å². The Morgan fingerprint density at radius 1 is 1.14 bits per heavy atom. The lowest BCUT2D eigenvalue weighted by molar-refractivity contribution is 0.0517. The monoisotopic (exact) mass is 298 g/mol. The zero-order chi connectivity index (χ0) is 16.1. The number of ether oxygens (including phenoxy) is 1. The second-order valence-corrected chi connectivity index (χ2v) is 8.45. The summed E-state index contributed by atoms with van der Waals surface area (Å²) in [6.45, 7) is 14.2. The van der Waals surface area contributed by atoms with Gasteiger partial charge in [-0.1, -0.05) is 27.2 Å². The Hall–Kier alpha value is -0.770. The van der Waals surface area contributed by atoms with Crippen molar-refractivity contribution < 1.29 is 9.53 Å². The molecular weight excluding hydrogens is 264 g/mol. The van der Waals surface area contributed by atoms with E-state index in [4.69, 9.17) is 4.74 Å². The predicted octanol–water partition coefficient (Wildman–Crippen LogP) is 3.71. The largest absolute Gasteiger partial charge is 0.444 e. The van der Waals surface area contributed by atoms with E-state index in [9.17, 15) is 4.79 Å². The minimum atomic E-state index is -0.426. The normalized spacial score (nSPS) is 23.1. The van der Waals surface area contributed by atoms with Gasteiger partial charge < -0.3 is 15.4 Å². The Balaban J connectivity index is 2.29. The smallest absolute Gasteiger partial charge is 0.407 e. The Morgan fingerprint density at radius 2 is 1.81 bits per heavy atom. The number of rotatable bonds is 5. The van der Waals surface area contributed by atoms with Gasteiger partial charge in [-0.3, -0.25) is 0 Å². The molecule has 1 amide bonds. The molecule has 2 atom stereocenters. The molecule has 2 unspecified atom stereocenters. The summed E-state index contributed by atoms with van der Waals surface area (Å²) in [7, 11) is 0. The molecule has 1 rings (SSSR count). The van der Waals surface area contributed by atoms with Crippen LogP contribution in [0.15, 0.2) is 0 Å². The van der Waals surface area contributed by atoms with Gasteiger partial charge in [-0.2, -0.15) is 0 Å². The standard InChI is InChI=1S/C17H34N2O2/c1-16(2,3)10-11-18-14-9-7-8-13(14)12-19-15(20)21-17(4,5)6/h13-14,18H,7-12H2,1-6H3,(H,19,20). The Kier molecular flexibility index (Phi) is 6.51. The van der Waals surface area contributed by atoms with Crippen LogP contribution in [-0.4, -0.2) is 30.8 Å². The lowest BCUT2D eigenvalue weighted by Gasteiger charge is -2.25. The van der Waals surface area contributed by atoms with Gasteiger partial charge in [-0.05, 0) is 57.9 Å². The van der Waals surface area contributed by atoms with Gasteiger partial charge in [0.25, 0.3) is 0 Å². The molecule has 124 valence electrons. The van der Waals surface area contributed by atoms with Crippen molar-refractivity contribution in [2.75, 3.05) is 13.1 Å². The molecule has 0 saturated heterocycles. The van der Waals surface area contributed by atoms with Gasteiger partial charge in [0.1, 0.15) is 5.60 Å². The fourth-order valence-electron chi connectivity index (χ4n) is 2.71. The fraction of sp³-hybridized carbons (Fsp3) is 0.941. The average Bonchev–Trinajstić information content (AvgIpc) is 2.70. The van der Waals surface area contributed by atoms with Crippen LogP contribution >= 0.6 is 0 Å². The third-order valence-electron chi connectivity index (χ3n) is 3.85. The van der Waals surface area contributed by atoms with Crippen LogP contribution in [0.2, 0.25) is 0 Å². The Labute approximate surface area is 130 Å². The van der Waals surface area contributed by atoms with Crippen molar-refractivity contribution in [2.45, 2.75) is 78.9 Å². The fourth-order valence-corrected chi connectivity index (χ4v) is 2.71. The number of nitrogens with one attached hydrogen (secondary N) is 2. The molecule has 0 aromatic rings. The van der Waals surface area contributed by atoms with Gasteiger partial charge in [-0.25, -0.2) is 4.79 Å². The molecular formula is C17H34N2O2. The summed E-state index contributed by atoms with van der Waals surface area (Å²) in [5.41, 5.74) is -0.0556. The number of carbonyl (C=O) groups is 1. The summed E-state index contributed by atoms with van der Waals surface area (Å²) in [6, 6.07) is 0.530. The molecule has 0 aliphatic heterocycles. The van der Waals surface area contributed by atoms with Gasteiger partial charge >= 0.3 is 6.09 Å². The van der Waals surface area contributed by atoms with Crippen LogP contribution in [0, 0.1) is 11.3 Å². The summed E-state index contributed by atoms with van der Waals surface area (Å²) < 4.78 is 5.29. The number of hydrogen-bond acceptors (Lipinski definition) is 3. The average molecular weight is 298 g/mol. The first-order valence-corrected chi connectivity index (χ1v) is 8.27. The van der Waals surface area contributed by atoms with E-state index in [2.05, 4.69) is 31.4 Å². The van der Waals surface area contributed by atoms with Crippen LogP contribution in [0.3, 0.4) is 0 Å². The number of carbonyl (C=O) groups excluding carboxylic acids is 1. The molecule has 0 bridgehead atoms. The van der Waals surface area contributed by atoms with Crippen molar-refractivity contribution in [3.63, 3.8) is 0 Å². The first-order chi connectivity index (χ1) is 9.57. The SMILES string of the molecule is CC(C)(C)CCNC1CCCC1CNC(=O)OC(C)(C)C. The molecule has 4 heteroatoms. The zero-order valence-electron chi connectivity index (χ0n) is 14.7. The summed E-state index contributed by atoms with van der Waals surface area (Å²) in [5, 5.41) is 6.58. The molecule has 4 nitrogen and oxygen atoms in total. The van der Waals surface area contributed by atoms with E-state index in [1.807, 2.05) is 20.8 Å². The molecule has 2 N–H and O–H groups in total. The quantitative estimate of drug-likeness (QED) is 0.813. The lowest BCUT2D eigenvalue weighted by atomic mass is 9.92. The molecule has 0 aromatic heterocycles.